The van der Waals surface area contributed by atoms with E-state index < -0.39 is 0 Å². The number of benzene rings is 2. The number of nitrogens with one attached hydrogen (secondary N) is 2. The first-order valence-corrected chi connectivity index (χ1v) is 11.0. The van der Waals surface area contributed by atoms with Crippen LogP contribution in [0.2, 0.25) is 5.02 Å². The molecule has 176 valence electrons. The van der Waals surface area contributed by atoms with E-state index in [1.807, 2.05) is 12.1 Å². The molecule has 2 N–H and O–H groups in total. The van der Waals surface area contributed by atoms with E-state index in [1.165, 1.54) is 31.2 Å². The lowest BCUT2D eigenvalue weighted by molar-refractivity contribution is 0.354. The molecule has 0 heterocycles. The van der Waals surface area contributed by atoms with Crippen molar-refractivity contribution in [2.75, 3.05) is 40.4 Å². The van der Waals surface area contributed by atoms with Gasteiger partial charge in [0.25, 0.3) is 0 Å². The molecular weight excluding hydrogens is 455 g/mol. The standard InChI is InChI=1S/C24H35ClN2O2.2ClH/c1-28-22-13-12-21(23(25)24(22)29-2)15-19-27-17-9-4-3-8-16-26-18-14-20-10-6-5-7-11-20;;/h5-7,10-13,26-27H,3-4,8-9,14-19H2,1-2H3;2*1H. The van der Waals surface area contributed by atoms with Crippen LogP contribution in [0.1, 0.15) is 36.8 Å². The second kappa shape index (κ2) is 18.4. The van der Waals surface area contributed by atoms with Crippen LogP contribution in [0, 0.1) is 0 Å². The van der Waals surface area contributed by atoms with Crippen LogP contribution in [-0.2, 0) is 12.8 Å². The Balaban J connectivity index is 0.00000450. The summed E-state index contributed by atoms with van der Waals surface area (Å²) in [6.07, 6.45) is 6.99. The van der Waals surface area contributed by atoms with Gasteiger partial charge in [0, 0.05) is 0 Å². The van der Waals surface area contributed by atoms with Gasteiger partial charge in [-0.1, -0.05) is 60.8 Å². The van der Waals surface area contributed by atoms with Gasteiger partial charge < -0.3 is 20.1 Å². The van der Waals surface area contributed by atoms with Crippen molar-refractivity contribution in [3.8, 4) is 11.5 Å². The van der Waals surface area contributed by atoms with Gasteiger partial charge in [0.2, 0.25) is 0 Å². The fourth-order valence-corrected chi connectivity index (χ4v) is 3.65. The van der Waals surface area contributed by atoms with Crippen LogP contribution in [0.25, 0.3) is 0 Å². The van der Waals surface area contributed by atoms with Crippen molar-refractivity contribution < 1.29 is 9.47 Å². The third kappa shape index (κ3) is 11.3. The molecule has 0 bridgehead atoms. The van der Waals surface area contributed by atoms with E-state index in [2.05, 4.69) is 41.0 Å². The summed E-state index contributed by atoms with van der Waals surface area (Å²) in [5, 5.41) is 7.70. The number of rotatable bonds is 15. The molecule has 0 spiro atoms. The van der Waals surface area contributed by atoms with E-state index in [9.17, 15) is 0 Å². The highest BCUT2D eigenvalue weighted by Crippen LogP contribution is 2.37. The highest BCUT2D eigenvalue weighted by Gasteiger charge is 2.12. The van der Waals surface area contributed by atoms with Crippen LogP contribution >= 0.6 is 36.4 Å². The number of methoxy groups -OCH3 is 2. The first-order valence-electron chi connectivity index (χ1n) is 10.6. The van der Waals surface area contributed by atoms with E-state index >= 15 is 0 Å². The van der Waals surface area contributed by atoms with Crippen molar-refractivity contribution in [2.24, 2.45) is 0 Å². The summed E-state index contributed by atoms with van der Waals surface area (Å²) < 4.78 is 10.6. The fraction of sp³-hybridized carbons (Fsp3) is 0.500. The minimum absolute atomic E-state index is 0. The van der Waals surface area contributed by atoms with Crippen molar-refractivity contribution in [1.82, 2.24) is 10.6 Å². The third-order valence-electron chi connectivity index (χ3n) is 5.03. The summed E-state index contributed by atoms with van der Waals surface area (Å²) in [6, 6.07) is 14.6. The molecule has 2 aromatic rings. The maximum Gasteiger partial charge on any atom is 0.179 e. The molecule has 2 rings (SSSR count). The SMILES string of the molecule is COc1ccc(CCNCCCCCCNCCc2ccccc2)c(Cl)c1OC.Cl.Cl. The smallest absolute Gasteiger partial charge is 0.179 e. The maximum absolute atomic E-state index is 6.42. The van der Waals surface area contributed by atoms with Crippen LogP contribution in [0.5, 0.6) is 11.5 Å². The molecule has 0 unspecified atom stereocenters. The van der Waals surface area contributed by atoms with Crippen LogP contribution in [0.15, 0.2) is 42.5 Å². The molecule has 0 radical (unpaired) electrons. The minimum Gasteiger partial charge on any atom is -0.493 e. The van der Waals surface area contributed by atoms with Gasteiger partial charge in [-0.15, -0.1) is 24.8 Å². The lowest BCUT2D eigenvalue weighted by Crippen LogP contribution is -2.19. The molecule has 0 aliphatic heterocycles. The Kier molecular flexibility index (Phi) is 17.7. The Labute approximate surface area is 205 Å². The van der Waals surface area contributed by atoms with Crippen LogP contribution in [-0.4, -0.2) is 40.4 Å². The summed E-state index contributed by atoms with van der Waals surface area (Å²) in [4.78, 5) is 0. The molecule has 0 fully saturated rings. The Morgan fingerprint density at radius 1 is 0.710 bits per heavy atom. The van der Waals surface area contributed by atoms with E-state index in [0.29, 0.717) is 16.5 Å². The largest absolute Gasteiger partial charge is 0.493 e. The zero-order chi connectivity index (χ0) is 20.7. The molecule has 0 aliphatic carbocycles. The Morgan fingerprint density at radius 2 is 1.32 bits per heavy atom. The van der Waals surface area contributed by atoms with Crippen molar-refractivity contribution in [3.63, 3.8) is 0 Å². The summed E-state index contributed by atoms with van der Waals surface area (Å²) in [6.45, 7) is 4.13. The molecule has 0 amide bonds. The third-order valence-corrected chi connectivity index (χ3v) is 5.44. The Morgan fingerprint density at radius 3 is 1.90 bits per heavy atom. The van der Waals surface area contributed by atoms with Crippen molar-refractivity contribution in [1.29, 1.82) is 0 Å². The van der Waals surface area contributed by atoms with Crippen molar-refractivity contribution >= 4 is 36.4 Å². The lowest BCUT2D eigenvalue weighted by atomic mass is 10.1. The summed E-state index contributed by atoms with van der Waals surface area (Å²) in [7, 11) is 3.24. The molecule has 0 saturated heterocycles. The molecule has 7 heteroatoms. The van der Waals surface area contributed by atoms with Crippen LogP contribution < -0.4 is 20.1 Å². The van der Waals surface area contributed by atoms with Crippen molar-refractivity contribution in [3.05, 3.63) is 58.6 Å². The second-order valence-electron chi connectivity index (χ2n) is 7.17. The normalized spacial score (nSPS) is 10.2. The van der Waals surface area contributed by atoms with E-state index in [4.69, 9.17) is 21.1 Å². The predicted octanol–water partition coefficient (Wildman–Crippen LogP) is 5.73. The van der Waals surface area contributed by atoms with E-state index in [1.54, 1.807) is 14.2 Å². The average Bonchev–Trinajstić information content (AvgIpc) is 2.75. The van der Waals surface area contributed by atoms with E-state index in [-0.39, 0.29) is 24.8 Å². The highest BCUT2D eigenvalue weighted by atomic mass is 35.5. The van der Waals surface area contributed by atoms with Gasteiger partial charge in [0.1, 0.15) is 0 Å². The molecule has 0 atom stereocenters. The average molecular weight is 492 g/mol. The number of hydrogen-bond acceptors (Lipinski definition) is 4. The van der Waals surface area contributed by atoms with Crippen LogP contribution in [0.3, 0.4) is 0 Å². The molecule has 4 nitrogen and oxygen atoms in total. The maximum atomic E-state index is 6.42. The summed E-state index contributed by atoms with van der Waals surface area (Å²) in [5.41, 5.74) is 2.49. The molecule has 2 aromatic carbocycles. The fourth-order valence-electron chi connectivity index (χ4n) is 3.33. The number of hydrogen-bond donors (Lipinski definition) is 2. The highest BCUT2D eigenvalue weighted by molar-refractivity contribution is 6.33. The van der Waals surface area contributed by atoms with Gasteiger partial charge in [-0.25, -0.2) is 0 Å². The van der Waals surface area contributed by atoms with Crippen molar-refractivity contribution in [2.45, 2.75) is 38.5 Å². The number of halogens is 3. The Bertz CT molecular complexity index is 703. The zero-order valence-corrected chi connectivity index (χ0v) is 21.0. The monoisotopic (exact) mass is 490 g/mol. The van der Waals surface area contributed by atoms with Gasteiger partial charge in [0.15, 0.2) is 11.5 Å². The van der Waals surface area contributed by atoms with Gasteiger partial charge >= 0.3 is 0 Å². The van der Waals surface area contributed by atoms with Crippen LogP contribution in [0.4, 0.5) is 0 Å². The molecule has 31 heavy (non-hydrogen) atoms. The molecule has 0 aromatic heterocycles. The molecule has 0 saturated carbocycles. The Hall–Kier alpha value is -1.17. The predicted molar refractivity (Wildman–Crippen MR) is 137 cm³/mol. The lowest BCUT2D eigenvalue weighted by Gasteiger charge is -2.13. The summed E-state index contributed by atoms with van der Waals surface area (Å²) in [5.74, 6) is 1.29. The first kappa shape index (κ1) is 29.8. The van der Waals surface area contributed by atoms with E-state index in [0.717, 1.165) is 44.6 Å². The first-order chi connectivity index (χ1) is 14.3. The zero-order valence-electron chi connectivity index (χ0n) is 18.6. The number of unbranched alkanes of at least 4 members (excludes halogenated alkanes) is 3. The quantitative estimate of drug-likeness (QED) is 0.312. The topological polar surface area (TPSA) is 42.5 Å². The van der Waals surface area contributed by atoms with Gasteiger partial charge in [-0.3, -0.25) is 0 Å². The molecular formula is C24H37Cl3N2O2. The van der Waals surface area contributed by atoms with Gasteiger partial charge in [-0.05, 0) is 69.1 Å². The summed E-state index contributed by atoms with van der Waals surface area (Å²) >= 11 is 6.42. The number of ether oxygens (including phenoxy) is 2. The minimum atomic E-state index is 0. The van der Waals surface area contributed by atoms with Gasteiger partial charge in [0.05, 0.1) is 19.2 Å². The second-order valence-corrected chi connectivity index (χ2v) is 7.55. The molecule has 0 aliphatic rings. The van der Waals surface area contributed by atoms with Gasteiger partial charge in [-0.2, -0.15) is 0 Å².